The van der Waals surface area contributed by atoms with Crippen molar-refractivity contribution in [1.29, 1.82) is 0 Å². The minimum atomic E-state index is 0.202. The second-order valence-corrected chi connectivity index (χ2v) is 4.66. The molecule has 1 aromatic rings. The summed E-state index contributed by atoms with van der Waals surface area (Å²) in [4.78, 5) is 16.3. The molecule has 2 unspecified atom stereocenters. The first-order valence-corrected chi connectivity index (χ1v) is 5.70. The molecule has 0 spiro atoms. The molecule has 1 fully saturated rings. The molecule has 2 atom stereocenters. The van der Waals surface area contributed by atoms with E-state index < -0.39 is 0 Å². The SMILES string of the molecule is CC1CCCCC1C(=O)c1cn(C)cn1. The molecule has 0 amide bonds. The highest BCUT2D eigenvalue weighted by atomic mass is 16.1. The second kappa shape index (κ2) is 4.17. The van der Waals surface area contributed by atoms with E-state index >= 15 is 0 Å². The number of carbonyl (C=O) groups excluding carboxylic acids is 1. The molecule has 1 aliphatic rings. The van der Waals surface area contributed by atoms with Crippen LogP contribution in [0, 0.1) is 11.8 Å². The van der Waals surface area contributed by atoms with Crippen molar-refractivity contribution < 1.29 is 4.79 Å². The first-order valence-electron chi connectivity index (χ1n) is 5.70. The summed E-state index contributed by atoms with van der Waals surface area (Å²) in [5.41, 5.74) is 0.635. The van der Waals surface area contributed by atoms with E-state index in [9.17, 15) is 4.79 Å². The molecule has 0 aliphatic heterocycles. The van der Waals surface area contributed by atoms with Crippen molar-refractivity contribution in [3.63, 3.8) is 0 Å². The Labute approximate surface area is 90.5 Å². The van der Waals surface area contributed by atoms with Gasteiger partial charge in [0.15, 0.2) is 5.78 Å². The van der Waals surface area contributed by atoms with Gasteiger partial charge in [-0.05, 0) is 12.3 Å². The lowest BCUT2D eigenvalue weighted by molar-refractivity contribution is 0.0832. The first-order chi connectivity index (χ1) is 7.18. The highest BCUT2D eigenvalue weighted by Gasteiger charge is 2.29. The Bertz CT molecular complexity index is 356. The summed E-state index contributed by atoms with van der Waals surface area (Å²) in [5, 5.41) is 0. The average Bonchev–Trinajstić information content (AvgIpc) is 2.65. The fourth-order valence-electron chi connectivity index (χ4n) is 2.44. The fourth-order valence-corrected chi connectivity index (χ4v) is 2.44. The molecular weight excluding hydrogens is 188 g/mol. The van der Waals surface area contributed by atoms with Crippen LogP contribution in [0.2, 0.25) is 0 Å². The fraction of sp³-hybridized carbons (Fsp3) is 0.667. The summed E-state index contributed by atoms with van der Waals surface area (Å²) in [6.45, 7) is 2.19. The van der Waals surface area contributed by atoms with Gasteiger partial charge in [-0.3, -0.25) is 4.79 Å². The van der Waals surface area contributed by atoms with Crippen LogP contribution in [-0.2, 0) is 7.05 Å². The molecule has 2 rings (SSSR count). The summed E-state index contributed by atoms with van der Waals surface area (Å²) in [7, 11) is 1.90. The van der Waals surface area contributed by atoms with Crippen molar-refractivity contribution in [3.8, 4) is 0 Å². The summed E-state index contributed by atoms with van der Waals surface area (Å²) >= 11 is 0. The van der Waals surface area contributed by atoms with Gasteiger partial charge in [-0.15, -0.1) is 0 Å². The van der Waals surface area contributed by atoms with Crippen molar-refractivity contribution in [2.24, 2.45) is 18.9 Å². The molecule has 0 radical (unpaired) electrons. The average molecular weight is 206 g/mol. The number of aromatic nitrogens is 2. The van der Waals surface area contributed by atoms with Gasteiger partial charge in [0, 0.05) is 19.2 Å². The standard InChI is InChI=1S/C12H18N2O/c1-9-5-3-4-6-10(9)12(15)11-7-14(2)8-13-11/h7-10H,3-6H2,1-2H3. The Morgan fingerprint density at radius 3 is 2.80 bits per heavy atom. The maximum Gasteiger partial charge on any atom is 0.186 e. The summed E-state index contributed by atoms with van der Waals surface area (Å²) < 4.78 is 1.83. The highest BCUT2D eigenvalue weighted by molar-refractivity contribution is 5.96. The number of nitrogens with zero attached hydrogens (tertiary/aromatic N) is 2. The molecule has 1 aliphatic carbocycles. The van der Waals surface area contributed by atoms with Gasteiger partial charge in [0.1, 0.15) is 5.69 Å². The van der Waals surface area contributed by atoms with Crippen LogP contribution < -0.4 is 0 Å². The monoisotopic (exact) mass is 206 g/mol. The van der Waals surface area contributed by atoms with Gasteiger partial charge in [0.25, 0.3) is 0 Å². The topological polar surface area (TPSA) is 34.9 Å². The van der Waals surface area contributed by atoms with Crippen LogP contribution in [0.5, 0.6) is 0 Å². The molecule has 1 heterocycles. The van der Waals surface area contributed by atoms with Crippen LogP contribution in [0.4, 0.5) is 0 Å². The molecule has 0 bridgehead atoms. The number of rotatable bonds is 2. The number of hydrogen-bond donors (Lipinski definition) is 0. The maximum absolute atomic E-state index is 12.1. The van der Waals surface area contributed by atoms with E-state index in [2.05, 4.69) is 11.9 Å². The number of aryl methyl sites for hydroxylation is 1. The molecule has 0 aromatic carbocycles. The zero-order valence-electron chi connectivity index (χ0n) is 9.44. The highest BCUT2D eigenvalue weighted by Crippen LogP contribution is 2.31. The van der Waals surface area contributed by atoms with E-state index in [0.717, 1.165) is 6.42 Å². The van der Waals surface area contributed by atoms with Crippen molar-refractivity contribution >= 4 is 5.78 Å². The molecule has 15 heavy (non-hydrogen) atoms. The number of hydrogen-bond acceptors (Lipinski definition) is 2. The third kappa shape index (κ3) is 2.11. The molecule has 3 nitrogen and oxygen atoms in total. The van der Waals surface area contributed by atoms with Crippen molar-refractivity contribution in [1.82, 2.24) is 9.55 Å². The summed E-state index contributed by atoms with van der Waals surface area (Å²) in [6, 6.07) is 0. The van der Waals surface area contributed by atoms with Crippen LogP contribution in [-0.4, -0.2) is 15.3 Å². The zero-order chi connectivity index (χ0) is 10.8. The van der Waals surface area contributed by atoms with Gasteiger partial charge in [-0.2, -0.15) is 0 Å². The van der Waals surface area contributed by atoms with Crippen LogP contribution in [0.25, 0.3) is 0 Å². The molecule has 0 saturated heterocycles. The van der Waals surface area contributed by atoms with Gasteiger partial charge in [-0.1, -0.05) is 26.2 Å². The minimum absolute atomic E-state index is 0.202. The van der Waals surface area contributed by atoms with E-state index in [4.69, 9.17) is 0 Å². The van der Waals surface area contributed by atoms with E-state index in [1.807, 2.05) is 17.8 Å². The lowest BCUT2D eigenvalue weighted by Gasteiger charge is -2.26. The Hall–Kier alpha value is -1.12. The largest absolute Gasteiger partial charge is 0.340 e. The van der Waals surface area contributed by atoms with E-state index in [-0.39, 0.29) is 11.7 Å². The van der Waals surface area contributed by atoms with Crippen LogP contribution in [0.3, 0.4) is 0 Å². The predicted molar refractivity (Wildman–Crippen MR) is 58.7 cm³/mol. The number of imidazole rings is 1. The van der Waals surface area contributed by atoms with E-state index in [1.165, 1.54) is 19.3 Å². The molecule has 1 aromatic heterocycles. The minimum Gasteiger partial charge on any atom is -0.340 e. The molecule has 0 N–H and O–H groups in total. The van der Waals surface area contributed by atoms with Crippen LogP contribution >= 0.6 is 0 Å². The normalized spacial score (nSPS) is 26.5. The van der Waals surface area contributed by atoms with Crippen molar-refractivity contribution in [3.05, 3.63) is 18.2 Å². The van der Waals surface area contributed by atoms with E-state index in [1.54, 1.807) is 6.33 Å². The lowest BCUT2D eigenvalue weighted by Crippen LogP contribution is -2.25. The maximum atomic E-state index is 12.1. The number of carbonyl (C=O) groups is 1. The Morgan fingerprint density at radius 2 is 2.20 bits per heavy atom. The number of ketones is 1. The summed E-state index contributed by atoms with van der Waals surface area (Å²) in [6.07, 6.45) is 8.20. The number of Topliss-reactive ketones (excluding diaryl/α,β-unsaturated/α-hetero) is 1. The third-order valence-electron chi connectivity index (χ3n) is 3.41. The van der Waals surface area contributed by atoms with Crippen LogP contribution in [0.1, 0.15) is 43.1 Å². The first kappa shape index (κ1) is 10.4. The van der Waals surface area contributed by atoms with Crippen LogP contribution in [0.15, 0.2) is 12.5 Å². The van der Waals surface area contributed by atoms with Gasteiger partial charge in [0.05, 0.1) is 6.33 Å². The molecule has 82 valence electrons. The Balaban J connectivity index is 2.13. The molecular formula is C12H18N2O. The summed E-state index contributed by atoms with van der Waals surface area (Å²) in [5.74, 6) is 0.963. The Morgan fingerprint density at radius 1 is 1.47 bits per heavy atom. The van der Waals surface area contributed by atoms with Gasteiger partial charge in [0.2, 0.25) is 0 Å². The quantitative estimate of drug-likeness (QED) is 0.696. The van der Waals surface area contributed by atoms with Crippen molar-refractivity contribution in [2.45, 2.75) is 32.6 Å². The van der Waals surface area contributed by atoms with Gasteiger partial charge >= 0.3 is 0 Å². The van der Waals surface area contributed by atoms with Gasteiger partial charge in [-0.25, -0.2) is 4.98 Å². The second-order valence-electron chi connectivity index (χ2n) is 4.66. The third-order valence-corrected chi connectivity index (χ3v) is 3.41. The smallest absolute Gasteiger partial charge is 0.186 e. The molecule has 3 heteroatoms. The van der Waals surface area contributed by atoms with Crippen molar-refractivity contribution in [2.75, 3.05) is 0 Å². The zero-order valence-corrected chi connectivity index (χ0v) is 9.44. The van der Waals surface area contributed by atoms with E-state index in [0.29, 0.717) is 11.6 Å². The molecule has 1 saturated carbocycles. The predicted octanol–water partition coefficient (Wildman–Crippen LogP) is 2.43. The van der Waals surface area contributed by atoms with Gasteiger partial charge < -0.3 is 4.57 Å². The lowest BCUT2D eigenvalue weighted by atomic mass is 9.77. The Kier molecular flexibility index (Phi) is 2.89.